The molecule has 1 rings (SSSR count). The lowest BCUT2D eigenvalue weighted by Crippen LogP contribution is -2.50. The molecule has 0 atom stereocenters. The summed E-state index contributed by atoms with van der Waals surface area (Å²) in [4.78, 5) is 0. The Balaban J connectivity index is 0.000000567. The fourth-order valence-electron chi connectivity index (χ4n) is 3.78. The molecule has 0 aliphatic heterocycles. The van der Waals surface area contributed by atoms with E-state index in [1.807, 2.05) is 0 Å². The van der Waals surface area contributed by atoms with Gasteiger partial charge in [0.2, 0.25) is 0 Å². The van der Waals surface area contributed by atoms with Crippen molar-refractivity contribution >= 4 is 0 Å². The van der Waals surface area contributed by atoms with Gasteiger partial charge in [0.15, 0.2) is 0 Å². The van der Waals surface area contributed by atoms with Crippen LogP contribution in [-0.2, 0) is 6.54 Å². The summed E-state index contributed by atoms with van der Waals surface area (Å²) in [5.74, 6) is 0. The van der Waals surface area contributed by atoms with Gasteiger partial charge in [-0.3, -0.25) is 0 Å². The van der Waals surface area contributed by atoms with Crippen molar-refractivity contribution < 1.29 is 8.97 Å². The molecule has 1 aromatic rings. The zero-order chi connectivity index (χ0) is 21.3. The highest BCUT2D eigenvalue weighted by atomic mass is 15.3. The Labute approximate surface area is 178 Å². The van der Waals surface area contributed by atoms with E-state index in [1.165, 1.54) is 87.6 Å². The highest BCUT2D eigenvalue weighted by molar-refractivity contribution is 5.13. The Kier molecular flexibility index (Phi) is 15.5. The molecule has 0 unspecified atom stereocenters. The normalized spacial score (nSPS) is 11.8. The van der Waals surface area contributed by atoms with E-state index in [2.05, 4.69) is 79.2 Å². The summed E-state index contributed by atoms with van der Waals surface area (Å²) in [5.41, 5.74) is 1.40. The molecule has 0 radical (unpaired) electrons. The van der Waals surface area contributed by atoms with Gasteiger partial charge < -0.3 is 8.97 Å². The van der Waals surface area contributed by atoms with Gasteiger partial charge in [-0.2, -0.15) is 0 Å². The summed E-state index contributed by atoms with van der Waals surface area (Å²) in [7, 11) is 6.60. The van der Waals surface area contributed by atoms with Crippen LogP contribution < -0.4 is 0 Å². The minimum Gasteiger partial charge on any atom is -0.327 e. The maximum Gasteiger partial charge on any atom is 0.104 e. The largest absolute Gasteiger partial charge is 0.327 e. The molecule has 0 amide bonds. The number of hydrogen-bond donors (Lipinski definition) is 0. The molecule has 28 heavy (non-hydrogen) atoms. The summed E-state index contributed by atoms with van der Waals surface area (Å²) in [5, 5.41) is 0. The molecule has 0 aliphatic carbocycles. The summed E-state index contributed by atoms with van der Waals surface area (Å²) in [6.07, 6.45) is 11.1. The summed E-state index contributed by atoms with van der Waals surface area (Å²) < 4.78 is 2.41. The van der Waals surface area contributed by atoms with Crippen molar-refractivity contribution in [3.63, 3.8) is 0 Å². The molecule has 0 bridgehead atoms. The molecular weight excluding hydrogens is 340 g/mol. The highest BCUT2D eigenvalue weighted by Gasteiger charge is 2.24. The van der Waals surface area contributed by atoms with Gasteiger partial charge in [0, 0.05) is 5.56 Å². The maximum atomic E-state index is 2.33. The molecular formula is C26H52N2+2. The van der Waals surface area contributed by atoms with E-state index in [9.17, 15) is 0 Å². The molecule has 1 aromatic carbocycles. The van der Waals surface area contributed by atoms with E-state index in [-0.39, 0.29) is 0 Å². The number of quaternary nitrogens is 2. The second-order valence-electron chi connectivity index (χ2n) is 9.58. The van der Waals surface area contributed by atoms with Gasteiger partial charge in [0.25, 0.3) is 0 Å². The number of nitrogens with zero attached hydrogens (tertiary/aromatic N) is 2. The van der Waals surface area contributed by atoms with Crippen molar-refractivity contribution in [1.29, 1.82) is 0 Å². The first-order valence-corrected chi connectivity index (χ1v) is 12.0. The third-order valence-electron chi connectivity index (χ3n) is 5.44. The molecule has 0 saturated carbocycles. The summed E-state index contributed by atoms with van der Waals surface area (Å²) in [6.45, 7) is 16.1. The Morgan fingerprint density at radius 1 is 0.571 bits per heavy atom. The molecule has 0 fully saturated rings. The molecule has 0 heterocycles. The van der Waals surface area contributed by atoms with Crippen LogP contribution in [0.1, 0.15) is 84.6 Å². The minimum absolute atomic E-state index is 0.990. The van der Waals surface area contributed by atoms with Gasteiger partial charge in [-0.05, 0) is 25.7 Å². The average molecular weight is 393 g/mol. The van der Waals surface area contributed by atoms with Crippen molar-refractivity contribution in [2.45, 2.75) is 85.6 Å². The Morgan fingerprint density at radius 2 is 0.929 bits per heavy atom. The quantitative estimate of drug-likeness (QED) is 0.302. The Hall–Kier alpha value is -0.860. The topological polar surface area (TPSA) is 0 Å². The number of benzene rings is 1. The second kappa shape index (κ2) is 16.0. The fourth-order valence-corrected chi connectivity index (χ4v) is 3.78. The average Bonchev–Trinajstić information content (AvgIpc) is 2.67. The van der Waals surface area contributed by atoms with Gasteiger partial charge in [0.1, 0.15) is 6.54 Å². The molecule has 0 aromatic heterocycles. The van der Waals surface area contributed by atoms with Crippen LogP contribution in [0.4, 0.5) is 0 Å². The summed E-state index contributed by atoms with van der Waals surface area (Å²) >= 11 is 0. The van der Waals surface area contributed by atoms with Crippen LogP contribution in [0, 0.1) is 0 Å². The number of rotatable bonds is 14. The lowest BCUT2D eigenvalue weighted by molar-refractivity contribution is -0.929. The minimum atomic E-state index is 0.990. The Bertz CT molecular complexity index is 410. The van der Waals surface area contributed by atoms with Crippen LogP contribution in [0.3, 0.4) is 0 Å². The zero-order valence-corrected chi connectivity index (χ0v) is 20.5. The van der Waals surface area contributed by atoms with Crippen LogP contribution in [-0.4, -0.2) is 56.3 Å². The second-order valence-corrected chi connectivity index (χ2v) is 9.58. The van der Waals surface area contributed by atoms with Crippen molar-refractivity contribution in [2.75, 3.05) is 47.3 Å². The van der Waals surface area contributed by atoms with E-state index >= 15 is 0 Å². The van der Waals surface area contributed by atoms with E-state index < -0.39 is 0 Å². The third-order valence-corrected chi connectivity index (χ3v) is 5.44. The standard InChI is InChI=1S/C16H36N.C10H16N/c1-5-9-13-17(14-10-6-2,15-11-7-3)16-12-8-4;1-11(2,3)9-10-7-5-4-6-8-10/h5-16H2,1-4H3;4-8H,9H2,1-3H3/q2*+1. The third kappa shape index (κ3) is 14.2. The molecule has 164 valence electrons. The molecule has 0 N–H and O–H groups in total. The van der Waals surface area contributed by atoms with Crippen LogP contribution >= 0.6 is 0 Å². The smallest absolute Gasteiger partial charge is 0.104 e. The monoisotopic (exact) mass is 392 g/mol. The lowest BCUT2D eigenvalue weighted by atomic mass is 10.1. The molecule has 0 saturated heterocycles. The van der Waals surface area contributed by atoms with Crippen molar-refractivity contribution in [1.82, 2.24) is 0 Å². The lowest BCUT2D eigenvalue weighted by Gasteiger charge is -2.39. The highest BCUT2D eigenvalue weighted by Crippen LogP contribution is 2.16. The fraction of sp³-hybridized carbons (Fsp3) is 0.769. The van der Waals surface area contributed by atoms with E-state index in [0.717, 1.165) is 11.0 Å². The van der Waals surface area contributed by atoms with Gasteiger partial charge >= 0.3 is 0 Å². The summed E-state index contributed by atoms with van der Waals surface area (Å²) in [6, 6.07) is 10.6. The van der Waals surface area contributed by atoms with Gasteiger partial charge in [0.05, 0.1) is 47.3 Å². The zero-order valence-electron chi connectivity index (χ0n) is 20.5. The molecule has 2 nitrogen and oxygen atoms in total. The number of unbranched alkanes of at least 4 members (excludes halogenated alkanes) is 4. The number of hydrogen-bond acceptors (Lipinski definition) is 0. The van der Waals surface area contributed by atoms with Crippen molar-refractivity contribution in [2.24, 2.45) is 0 Å². The van der Waals surface area contributed by atoms with Gasteiger partial charge in [-0.25, -0.2) is 0 Å². The van der Waals surface area contributed by atoms with Crippen LogP contribution in [0.15, 0.2) is 30.3 Å². The SMILES string of the molecule is CCCC[N+](CCCC)(CCCC)CCCC.C[N+](C)(C)Cc1ccccc1. The van der Waals surface area contributed by atoms with Gasteiger partial charge in [-0.1, -0.05) is 83.7 Å². The first-order chi connectivity index (χ1) is 13.3. The predicted molar refractivity (Wildman–Crippen MR) is 128 cm³/mol. The molecule has 2 heteroatoms. The van der Waals surface area contributed by atoms with Crippen LogP contribution in [0.5, 0.6) is 0 Å². The maximum absolute atomic E-state index is 2.33. The van der Waals surface area contributed by atoms with E-state index in [1.54, 1.807) is 0 Å². The van der Waals surface area contributed by atoms with Crippen LogP contribution in [0.2, 0.25) is 0 Å². The molecule has 0 spiro atoms. The van der Waals surface area contributed by atoms with Crippen molar-refractivity contribution in [3.05, 3.63) is 35.9 Å². The predicted octanol–water partition coefficient (Wildman–Crippen LogP) is 6.90. The first-order valence-electron chi connectivity index (χ1n) is 12.0. The molecule has 0 aliphatic rings. The first kappa shape index (κ1) is 27.1. The van der Waals surface area contributed by atoms with E-state index in [0.29, 0.717) is 0 Å². The van der Waals surface area contributed by atoms with Crippen molar-refractivity contribution in [3.8, 4) is 0 Å². The van der Waals surface area contributed by atoms with E-state index in [4.69, 9.17) is 0 Å². The Morgan fingerprint density at radius 3 is 1.21 bits per heavy atom. The van der Waals surface area contributed by atoms with Gasteiger partial charge in [-0.15, -0.1) is 0 Å². The van der Waals surface area contributed by atoms with Crippen LogP contribution in [0.25, 0.3) is 0 Å².